The van der Waals surface area contributed by atoms with E-state index < -0.39 is 0 Å². The smallest absolute Gasteiger partial charge is 0.0400 e. The first-order chi connectivity index (χ1) is 7.74. The summed E-state index contributed by atoms with van der Waals surface area (Å²) in [6, 6.07) is 15.8. The lowest BCUT2D eigenvalue weighted by atomic mass is 10.2. The summed E-state index contributed by atoms with van der Waals surface area (Å²) in [5.41, 5.74) is 8.70. The molecule has 2 rings (SSSR count). The fraction of sp³-hybridized carbons (Fsp3) is 0.0769. The highest BCUT2D eigenvalue weighted by molar-refractivity contribution is 7.80. The van der Waals surface area contributed by atoms with Crippen molar-refractivity contribution in [2.45, 2.75) is 11.4 Å². The summed E-state index contributed by atoms with van der Waals surface area (Å²) in [4.78, 5) is 0.960. The topological polar surface area (TPSA) is 38.0 Å². The van der Waals surface area contributed by atoms with Crippen LogP contribution in [0.15, 0.2) is 53.4 Å². The minimum Gasteiger partial charge on any atom is -0.399 e. The highest BCUT2D eigenvalue weighted by atomic mass is 32.1. The molecule has 2 aromatic carbocycles. The van der Waals surface area contributed by atoms with Gasteiger partial charge in [-0.25, -0.2) is 0 Å². The van der Waals surface area contributed by atoms with Crippen LogP contribution in [0.1, 0.15) is 5.56 Å². The molecule has 0 saturated heterocycles. The number of rotatable bonds is 3. The van der Waals surface area contributed by atoms with Gasteiger partial charge in [-0.2, -0.15) is 0 Å². The molecule has 0 radical (unpaired) electrons. The molecule has 16 heavy (non-hydrogen) atoms. The van der Waals surface area contributed by atoms with Gasteiger partial charge in [0.1, 0.15) is 0 Å². The standard InChI is InChI=1S/C13H14N2S/c14-11-6-4-10(5-7-11)9-15-12-2-1-3-13(16)8-12/h1-8,15-16H,9,14H2. The van der Waals surface area contributed by atoms with Crippen LogP contribution in [0.25, 0.3) is 0 Å². The number of hydrogen-bond acceptors (Lipinski definition) is 3. The average Bonchev–Trinajstić information content (AvgIpc) is 2.28. The molecule has 0 fully saturated rings. The van der Waals surface area contributed by atoms with E-state index in [1.54, 1.807) is 0 Å². The van der Waals surface area contributed by atoms with Crippen molar-refractivity contribution in [3.63, 3.8) is 0 Å². The normalized spacial score (nSPS) is 10.1. The Balaban J connectivity index is 1.99. The summed E-state index contributed by atoms with van der Waals surface area (Å²) in [6.45, 7) is 0.789. The Bertz CT molecular complexity index is 466. The molecular weight excluding hydrogens is 216 g/mol. The van der Waals surface area contributed by atoms with Gasteiger partial charge < -0.3 is 11.1 Å². The van der Waals surface area contributed by atoms with Gasteiger partial charge in [-0.05, 0) is 35.9 Å². The Hall–Kier alpha value is -1.61. The van der Waals surface area contributed by atoms with Crippen molar-refractivity contribution in [1.29, 1.82) is 0 Å². The SMILES string of the molecule is Nc1ccc(CNc2cccc(S)c2)cc1. The molecule has 2 nitrogen and oxygen atoms in total. The first kappa shape index (κ1) is 10.9. The summed E-state index contributed by atoms with van der Waals surface area (Å²) in [6.07, 6.45) is 0. The number of anilines is 2. The number of thiol groups is 1. The Morgan fingerprint density at radius 2 is 1.81 bits per heavy atom. The number of benzene rings is 2. The lowest BCUT2D eigenvalue weighted by Gasteiger charge is -2.07. The second-order valence-electron chi connectivity index (χ2n) is 3.65. The lowest BCUT2D eigenvalue weighted by Crippen LogP contribution is -1.99. The van der Waals surface area contributed by atoms with Crippen molar-refractivity contribution in [3.8, 4) is 0 Å². The summed E-state index contributed by atoms with van der Waals surface area (Å²) < 4.78 is 0. The van der Waals surface area contributed by atoms with Crippen molar-refractivity contribution in [2.75, 3.05) is 11.1 Å². The van der Waals surface area contributed by atoms with E-state index in [-0.39, 0.29) is 0 Å². The van der Waals surface area contributed by atoms with E-state index in [0.29, 0.717) is 0 Å². The zero-order valence-corrected chi connectivity index (χ0v) is 9.74. The first-order valence-electron chi connectivity index (χ1n) is 5.11. The fourth-order valence-electron chi connectivity index (χ4n) is 1.46. The molecule has 0 atom stereocenters. The van der Waals surface area contributed by atoms with Crippen LogP contribution < -0.4 is 11.1 Å². The van der Waals surface area contributed by atoms with Gasteiger partial charge in [0.2, 0.25) is 0 Å². The summed E-state index contributed by atoms with van der Waals surface area (Å²) in [5, 5.41) is 3.33. The monoisotopic (exact) mass is 230 g/mol. The van der Waals surface area contributed by atoms with E-state index in [9.17, 15) is 0 Å². The maximum Gasteiger partial charge on any atom is 0.0400 e. The quantitative estimate of drug-likeness (QED) is 0.559. The predicted octanol–water partition coefficient (Wildman–Crippen LogP) is 3.17. The van der Waals surface area contributed by atoms with Gasteiger partial charge in [0.25, 0.3) is 0 Å². The third kappa shape index (κ3) is 2.94. The molecule has 0 aliphatic heterocycles. The molecule has 0 bridgehead atoms. The number of nitrogens with two attached hydrogens (primary N) is 1. The number of nitrogens with one attached hydrogen (secondary N) is 1. The van der Waals surface area contributed by atoms with Crippen LogP contribution in [-0.4, -0.2) is 0 Å². The molecule has 0 saturated carbocycles. The third-order valence-corrected chi connectivity index (χ3v) is 2.60. The van der Waals surface area contributed by atoms with Crippen LogP contribution in [0.4, 0.5) is 11.4 Å². The highest BCUT2D eigenvalue weighted by Crippen LogP contribution is 2.14. The number of nitrogen functional groups attached to an aromatic ring is 1. The molecule has 0 spiro atoms. The fourth-order valence-corrected chi connectivity index (χ4v) is 1.68. The highest BCUT2D eigenvalue weighted by Gasteiger charge is 1.94. The maximum atomic E-state index is 5.62. The summed E-state index contributed by atoms with van der Waals surface area (Å²) in [7, 11) is 0. The molecule has 2 aromatic rings. The predicted molar refractivity (Wildman–Crippen MR) is 71.9 cm³/mol. The van der Waals surface area contributed by atoms with Gasteiger partial charge in [0.15, 0.2) is 0 Å². The molecule has 3 N–H and O–H groups in total. The molecule has 0 amide bonds. The molecule has 0 aliphatic rings. The second kappa shape index (κ2) is 4.94. The van der Waals surface area contributed by atoms with Gasteiger partial charge in [0, 0.05) is 22.8 Å². The molecule has 0 aliphatic carbocycles. The Morgan fingerprint density at radius 3 is 2.50 bits per heavy atom. The van der Waals surface area contributed by atoms with E-state index in [4.69, 9.17) is 5.73 Å². The second-order valence-corrected chi connectivity index (χ2v) is 4.16. The van der Waals surface area contributed by atoms with E-state index in [1.165, 1.54) is 5.56 Å². The lowest BCUT2D eigenvalue weighted by molar-refractivity contribution is 1.15. The summed E-state index contributed by atoms with van der Waals surface area (Å²) >= 11 is 4.29. The first-order valence-corrected chi connectivity index (χ1v) is 5.56. The maximum absolute atomic E-state index is 5.62. The van der Waals surface area contributed by atoms with Crippen LogP contribution in [0.5, 0.6) is 0 Å². The van der Waals surface area contributed by atoms with Crippen LogP contribution in [0.2, 0.25) is 0 Å². The van der Waals surface area contributed by atoms with E-state index in [0.717, 1.165) is 22.8 Å². The molecule has 82 valence electrons. The van der Waals surface area contributed by atoms with E-state index in [1.807, 2.05) is 48.5 Å². The van der Waals surface area contributed by atoms with Crippen molar-refractivity contribution in [2.24, 2.45) is 0 Å². The molecule has 3 heteroatoms. The van der Waals surface area contributed by atoms with Crippen molar-refractivity contribution < 1.29 is 0 Å². The number of hydrogen-bond donors (Lipinski definition) is 3. The van der Waals surface area contributed by atoms with Gasteiger partial charge in [-0.1, -0.05) is 18.2 Å². The van der Waals surface area contributed by atoms with Gasteiger partial charge in [-0.3, -0.25) is 0 Å². The van der Waals surface area contributed by atoms with Gasteiger partial charge in [-0.15, -0.1) is 12.6 Å². The van der Waals surface area contributed by atoms with Gasteiger partial charge in [0.05, 0.1) is 0 Å². The minimum atomic E-state index is 0.789. The molecular formula is C13H14N2S. The zero-order valence-electron chi connectivity index (χ0n) is 8.85. The van der Waals surface area contributed by atoms with Crippen molar-refractivity contribution in [1.82, 2.24) is 0 Å². The van der Waals surface area contributed by atoms with Crippen LogP contribution in [0, 0.1) is 0 Å². The summed E-state index contributed by atoms with van der Waals surface area (Å²) in [5.74, 6) is 0. The van der Waals surface area contributed by atoms with Crippen LogP contribution in [-0.2, 0) is 6.54 Å². The minimum absolute atomic E-state index is 0.789. The largest absolute Gasteiger partial charge is 0.399 e. The molecule has 0 unspecified atom stereocenters. The van der Waals surface area contributed by atoms with Crippen LogP contribution >= 0.6 is 12.6 Å². The van der Waals surface area contributed by atoms with Crippen LogP contribution in [0.3, 0.4) is 0 Å². The Morgan fingerprint density at radius 1 is 1.06 bits per heavy atom. The van der Waals surface area contributed by atoms with E-state index >= 15 is 0 Å². The van der Waals surface area contributed by atoms with Gasteiger partial charge >= 0.3 is 0 Å². The zero-order chi connectivity index (χ0) is 11.4. The third-order valence-electron chi connectivity index (χ3n) is 2.32. The van der Waals surface area contributed by atoms with Crippen molar-refractivity contribution >= 4 is 24.0 Å². The molecule has 0 heterocycles. The molecule has 0 aromatic heterocycles. The van der Waals surface area contributed by atoms with E-state index in [2.05, 4.69) is 17.9 Å². The average molecular weight is 230 g/mol. The Kier molecular flexibility index (Phi) is 3.37. The Labute approximate surface area is 101 Å². The van der Waals surface area contributed by atoms with Crippen molar-refractivity contribution in [3.05, 3.63) is 54.1 Å².